The van der Waals surface area contributed by atoms with Crippen LogP contribution < -0.4 is 10.2 Å². The number of ether oxygens (including phenoxy) is 1. The molecule has 1 aromatic heterocycles. The minimum absolute atomic E-state index is 0.155. The summed E-state index contributed by atoms with van der Waals surface area (Å²) in [5.74, 6) is -0.155. The number of rotatable bonds is 5. The largest absolute Gasteiger partial charge is 0.378 e. The topological polar surface area (TPSA) is 67.3 Å². The summed E-state index contributed by atoms with van der Waals surface area (Å²) in [5, 5.41) is 12.6. The molecule has 1 saturated heterocycles. The maximum absolute atomic E-state index is 12.4. The van der Waals surface area contributed by atoms with E-state index in [9.17, 15) is 4.79 Å². The molecule has 1 unspecified atom stereocenters. The second kappa shape index (κ2) is 8.55. The third kappa shape index (κ3) is 4.98. The van der Waals surface area contributed by atoms with Gasteiger partial charge in [-0.1, -0.05) is 46.3 Å². The monoisotopic (exact) mass is 418 g/mol. The van der Waals surface area contributed by atoms with Gasteiger partial charge in [0.25, 0.3) is 0 Å². The van der Waals surface area contributed by atoms with Gasteiger partial charge in [-0.25, -0.2) is 0 Å². The van der Waals surface area contributed by atoms with Crippen LogP contribution in [-0.4, -0.2) is 47.7 Å². The van der Waals surface area contributed by atoms with Gasteiger partial charge >= 0.3 is 0 Å². The number of nitrogens with zero attached hydrogens (tertiary/aromatic N) is 3. The molecular weight excluding hydrogens is 403 g/mol. The van der Waals surface area contributed by atoms with Gasteiger partial charge in [-0.3, -0.25) is 4.79 Å². The van der Waals surface area contributed by atoms with Crippen molar-refractivity contribution in [2.45, 2.75) is 16.5 Å². The van der Waals surface area contributed by atoms with Crippen LogP contribution in [-0.2, 0) is 9.53 Å². The van der Waals surface area contributed by atoms with Gasteiger partial charge in [0.1, 0.15) is 0 Å². The minimum atomic E-state index is -0.336. The molecule has 0 aliphatic carbocycles. The first-order chi connectivity index (χ1) is 12.0. The summed E-state index contributed by atoms with van der Waals surface area (Å²) in [7, 11) is 0. The third-order valence-electron chi connectivity index (χ3n) is 3.51. The van der Waals surface area contributed by atoms with Gasteiger partial charge in [-0.05, 0) is 25.1 Å². The van der Waals surface area contributed by atoms with Gasteiger partial charge in [0.2, 0.25) is 11.0 Å². The lowest BCUT2D eigenvalue weighted by Crippen LogP contribution is -2.36. The van der Waals surface area contributed by atoms with E-state index in [1.807, 2.05) is 6.92 Å². The van der Waals surface area contributed by atoms with Crippen molar-refractivity contribution >= 4 is 63.0 Å². The van der Waals surface area contributed by atoms with Crippen LogP contribution in [0.25, 0.3) is 0 Å². The van der Waals surface area contributed by atoms with E-state index in [-0.39, 0.29) is 11.2 Å². The van der Waals surface area contributed by atoms with E-state index in [0.29, 0.717) is 28.9 Å². The van der Waals surface area contributed by atoms with Crippen molar-refractivity contribution in [3.8, 4) is 0 Å². The maximum Gasteiger partial charge on any atom is 0.237 e. The molecular formula is C15H16Cl2N4O2S2. The zero-order valence-corrected chi connectivity index (χ0v) is 16.5. The van der Waals surface area contributed by atoms with E-state index >= 15 is 0 Å². The smallest absolute Gasteiger partial charge is 0.237 e. The van der Waals surface area contributed by atoms with Crippen molar-refractivity contribution in [2.24, 2.45) is 0 Å². The zero-order valence-electron chi connectivity index (χ0n) is 13.4. The second-order valence-corrected chi connectivity index (χ2v) is 8.71. The number of thioether (sulfide) groups is 1. The fourth-order valence-electron chi connectivity index (χ4n) is 2.16. The normalized spacial score (nSPS) is 15.9. The number of amides is 1. The predicted molar refractivity (Wildman–Crippen MR) is 103 cm³/mol. The van der Waals surface area contributed by atoms with Crippen molar-refractivity contribution in [3.05, 3.63) is 28.2 Å². The number of hydrogen-bond acceptors (Lipinski definition) is 7. The van der Waals surface area contributed by atoms with E-state index in [4.69, 9.17) is 27.9 Å². The maximum atomic E-state index is 12.4. The van der Waals surface area contributed by atoms with Gasteiger partial charge in [0.05, 0.1) is 29.2 Å². The number of aromatic nitrogens is 2. The summed E-state index contributed by atoms with van der Waals surface area (Å²) >= 11 is 14.8. The Hall–Kier alpha value is -1.06. The summed E-state index contributed by atoms with van der Waals surface area (Å²) in [6.07, 6.45) is 0. The number of benzene rings is 1. The summed E-state index contributed by atoms with van der Waals surface area (Å²) in [5.41, 5.74) is 0.537. The number of hydrogen-bond donors (Lipinski definition) is 1. The molecule has 1 atom stereocenters. The average molecular weight is 419 g/mol. The molecule has 25 heavy (non-hydrogen) atoms. The molecule has 1 fully saturated rings. The van der Waals surface area contributed by atoms with Gasteiger partial charge in [-0.2, -0.15) is 0 Å². The molecule has 134 valence electrons. The number of morpholine rings is 1. The highest BCUT2D eigenvalue weighted by atomic mass is 35.5. The van der Waals surface area contributed by atoms with E-state index in [0.717, 1.165) is 22.6 Å². The highest BCUT2D eigenvalue weighted by Crippen LogP contribution is 2.32. The van der Waals surface area contributed by atoms with Crippen LogP contribution in [0.15, 0.2) is 22.5 Å². The molecule has 0 radical (unpaired) electrons. The first-order valence-corrected chi connectivity index (χ1v) is 10.1. The molecule has 1 aromatic carbocycles. The number of nitrogens with one attached hydrogen (secondary N) is 1. The lowest BCUT2D eigenvalue weighted by Gasteiger charge is -2.25. The Labute approximate surface area is 163 Å². The quantitative estimate of drug-likeness (QED) is 0.744. The Balaban J connectivity index is 1.58. The molecule has 1 amide bonds. The van der Waals surface area contributed by atoms with Crippen LogP contribution in [0.4, 0.5) is 10.8 Å². The molecule has 0 spiro atoms. The highest BCUT2D eigenvalue weighted by molar-refractivity contribution is 8.02. The van der Waals surface area contributed by atoms with Crippen LogP contribution in [0.5, 0.6) is 0 Å². The van der Waals surface area contributed by atoms with Gasteiger partial charge in [0.15, 0.2) is 4.34 Å². The van der Waals surface area contributed by atoms with Crippen molar-refractivity contribution in [2.75, 3.05) is 36.5 Å². The van der Waals surface area contributed by atoms with Gasteiger partial charge in [-0.15, -0.1) is 10.2 Å². The Morgan fingerprint density at radius 2 is 2.12 bits per heavy atom. The summed E-state index contributed by atoms with van der Waals surface area (Å²) in [6, 6.07) is 4.96. The Bertz CT molecular complexity index is 753. The molecule has 10 heteroatoms. The molecule has 0 bridgehead atoms. The SMILES string of the molecule is CC(Sc1nnc(N2CCOCC2)s1)C(=O)Nc1ccc(Cl)cc1Cl. The summed E-state index contributed by atoms with van der Waals surface area (Å²) < 4.78 is 6.09. The molecule has 6 nitrogen and oxygen atoms in total. The lowest BCUT2D eigenvalue weighted by molar-refractivity contribution is -0.115. The zero-order chi connectivity index (χ0) is 17.8. The highest BCUT2D eigenvalue weighted by Gasteiger charge is 2.20. The van der Waals surface area contributed by atoms with Crippen LogP contribution in [0.1, 0.15) is 6.92 Å². The molecule has 2 aromatic rings. The molecule has 3 rings (SSSR count). The first-order valence-electron chi connectivity index (χ1n) is 7.61. The lowest BCUT2D eigenvalue weighted by atomic mass is 10.3. The first kappa shape index (κ1) is 18.7. The number of anilines is 2. The third-order valence-corrected chi connectivity index (χ3v) is 6.23. The number of halogens is 2. The number of carbonyl (C=O) groups excluding carboxylic acids is 1. The minimum Gasteiger partial charge on any atom is -0.378 e. The van der Waals surface area contributed by atoms with E-state index in [1.54, 1.807) is 18.2 Å². The Kier molecular flexibility index (Phi) is 6.40. The van der Waals surface area contributed by atoms with Crippen LogP contribution in [0.2, 0.25) is 10.0 Å². The van der Waals surface area contributed by atoms with Crippen LogP contribution in [0.3, 0.4) is 0 Å². The van der Waals surface area contributed by atoms with E-state index in [2.05, 4.69) is 20.4 Å². The van der Waals surface area contributed by atoms with Crippen molar-refractivity contribution in [1.82, 2.24) is 10.2 Å². The van der Waals surface area contributed by atoms with E-state index in [1.165, 1.54) is 23.1 Å². The molecule has 0 saturated carbocycles. The molecule has 1 aliphatic heterocycles. The van der Waals surface area contributed by atoms with Gasteiger partial charge in [0, 0.05) is 18.1 Å². The Morgan fingerprint density at radius 1 is 1.36 bits per heavy atom. The number of carbonyl (C=O) groups is 1. The fourth-order valence-corrected chi connectivity index (χ4v) is 4.65. The molecule has 1 N–H and O–H groups in total. The second-order valence-electron chi connectivity index (χ2n) is 5.32. The molecule has 2 heterocycles. The Morgan fingerprint density at radius 3 is 2.84 bits per heavy atom. The summed E-state index contributed by atoms with van der Waals surface area (Å²) in [6.45, 7) is 4.83. The van der Waals surface area contributed by atoms with E-state index < -0.39 is 0 Å². The van der Waals surface area contributed by atoms with Crippen LogP contribution in [0, 0.1) is 0 Å². The standard InChI is InChI=1S/C15H16Cl2N4O2S2/c1-9(13(22)18-12-3-2-10(16)8-11(12)17)24-15-20-19-14(25-15)21-4-6-23-7-5-21/h2-3,8-9H,4-7H2,1H3,(H,18,22). The fraction of sp³-hybridized carbons (Fsp3) is 0.400. The molecule has 1 aliphatic rings. The van der Waals surface area contributed by atoms with Crippen molar-refractivity contribution in [3.63, 3.8) is 0 Å². The van der Waals surface area contributed by atoms with Crippen LogP contribution >= 0.6 is 46.3 Å². The van der Waals surface area contributed by atoms with Gasteiger partial charge < -0.3 is 15.0 Å². The summed E-state index contributed by atoms with van der Waals surface area (Å²) in [4.78, 5) is 14.5. The average Bonchev–Trinajstić information content (AvgIpc) is 3.06. The van der Waals surface area contributed by atoms with Crippen molar-refractivity contribution < 1.29 is 9.53 Å². The predicted octanol–water partition coefficient (Wildman–Crippen LogP) is 3.80. The van der Waals surface area contributed by atoms with Crippen molar-refractivity contribution in [1.29, 1.82) is 0 Å².